The normalized spacial score (nSPS) is 41.8. The Morgan fingerprint density at radius 1 is 1.10 bits per heavy atom. The zero-order valence-electron chi connectivity index (χ0n) is 26.6. The molecule has 8 heteroatoms. The lowest BCUT2D eigenvalue weighted by Gasteiger charge is -2.69. The van der Waals surface area contributed by atoms with Gasteiger partial charge in [0, 0.05) is 18.4 Å². The first-order valence-corrected chi connectivity index (χ1v) is 15.7. The molecule has 1 amide bonds. The predicted molar refractivity (Wildman–Crippen MR) is 159 cm³/mol. The van der Waals surface area contributed by atoms with Crippen LogP contribution in [0.1, 0.15) is 110 Å². The smallest absolute Gasteiger partial charge is 0.273 e. The van der Waals surface area contributed by atoms with Gasteiger partial charge in [0.2, 0.25) is 0 Å². The van der Waals surface area contributed by atoms with Gasteiger partial charge in [-0.05, 0) is 90.9 Å². The van der Waals surface area contributed by atoms with E-state index in [0.717, 1.165) is 44.9 Å². The maximum absolute atomic E-state index is 14.7. The third-order valence-electron chi connectivity index (χ3n) is 13.5. The second-order valence-corrected chi connectivity index (χ2v) is 16.2. The highest BCUT2D eigenvalue weighted by Crippen LogP contribution is 2.75. The standard InChI is InChI=1S/C34H47N5O3/c1-29(2)11-13-34(39-19-22(37-38-39)28(42)36-8)14-12-33(7)26(21(34)17-29)23(40)15-25-31(5)16-20(18-35)27(41)30(3,4)24(31)9-10-32(25,33)6/h15,19,21,24,26,41H,9-14,16-17H2,1-8H3,(H,36,42)/t21-,24-,26-,31-,32+,33+,34-/m0/s1. The first kappa shape index (κ1) is 29.1. The number of nitriles is 1. The van der Waals surface area contributed by atoms with Crippen LogP contribution in [-0.2, 0) is 10.3 Å². The van der Waals surface area contributed by atoms with Gasteiger partial charge in [-0.3, -0.25) is 9.59 Å². The molecule has 0 saturated heterocycles. The average Bonchev–Trinajstić information content (AvgIpc) is 3.42. The zero-order chi connectivity index (χ0) is 30.7. The SMILES string of the molecule is CNC(=O)c1cn([C@]23CCC(C)(C)C[C@H]2[C@H]2C(=O)C=C4[C@@]5(C)CC(C#N)=C(O)C(C)(C)[C@@H]5CC[C@@]4(C)[C@]2(C)CC3)nn1. The molecule has 5 aliphatic carbocycles. The van der Waals surface area contributed by atoms with Crippen LogP contribution < -0.4 is 5.32 Å². The predicted octanol–water partition coefficient (Wildman–Crippen LogP) is 6.27. The second-order valence-electron chi connectivity index (χ2n) is 16.2. The third kappa shape index (κ3) is 3.51. The highest BCUT2D eigenvalue weighted by Gasteiger charge is 2.70. The van der Waals surface area contributed by atoms with E-state index in [0.29, 0.717) is 17.7 Å². The van der Waals surface area contributed by atoms with Crippen molar-refractivity contribution in [3.8, 4) is 6.07 Å². The van der Waals surface area contributed by atoms with Crippen molar-refractivity contribution in [2.24, 2.45) is 44.8 Å². The number of nitrogens with one attached hydrogen (secondary N) is 1. The molecule has 5 aliphatic rings. The molecule has 1 aromatic rings. The van der Waals surface area contributed by atoms with Gasteiger partial charge in [-0.25, -0.2) is 4.68 Å². The van der Waals surface area contributed by atoms with Crippen molar-refractivity contribution in [2.45, 2.75) is 105 Å². The molecule has 0 unspecified atom stereocenters. The summed E-state index contributed by atoms with van der Waals surface area (Å²) in [5.41, 5.74) is 0.265. The molecule has 0 bridgehead atoms. The van der Waals surface area contributed by atoms with Gasteiger partial charge in [-0.15, -0.1) is 5.10 Å². The van der Waals surface area contributed by atoms with E-state index in [1.807, 2.05) is 10.8 Å². The molecule has 0 aromatic carbocycles. The molecule has 1 heterocycles. The van der Waals surface area contributed by atoms with E-state index in [-0.39, 0.29) is 62.4 Å². The van der Waals surface area contributed by atoms with Crippen molar-refractivity contribution in [2.75, 3.05) is 7.05 Å². The summed E-state index contributed by atoms with van der Waals surface area (Å²) in [5.74, 6) is 0.191. The van der Waals surface area contributed by atoms with E-state index in [1.54, 1.807) is 13.2 Å². The fourth-order valence-electron chi connectivity index (χ4n) is 11.0. The monoisotopic (exact) mass is 573 g/mol. The maximum atomic E-state index is 14.7. The highest BCUT2D eigenvalue weighted by atomic mass is 16.3. The number of aliphatic hydroxyl groups excluding tert-OH is 1. The van der Waals surface area contributed by atoms with Crippen molar-refractivity contribution in [3.05, 3.63) is 34.9 Å². The minimum Gasteiger partial charge on any atom is -0.511 e. The van der Waals surface area contributed by atoms with Gasteiger partial charge in [0.15, 0.2) is 11.5 Å². The molecule has 8 nitrogen and oxygen atoms in total. The fourth-order valence-corrected chi connectivity index (χ4v) is 11.0. The lowest BCUT2D eigenvalue weighted by Crippen LogP contribution is -2.66. The Bertz CT molecular complexity index is 1480. The number of fused-ring (bicyclic) bond motifs is 7. The van der Waals surface area contributed by atoms with Crippen LogP contribution in [0.2, 0.25) is 0 Å². The molecular weight excluding hydrogens is 526 g/mol. The van der Waals surface area contributed by atoms with Crippen molar-refractivity contribution in [3.63, 3.8) is 0 Å². The Morgan fingerprint density at radius 2 is 1.79 bits per heavy atom. The van der Waals surface area contributed by atoms with Crippen LogP contribution >= 0.6 is 0 Å². The van der Waals surface area contributed by atoms with Crippen LogP contribution in [-0.4, -0.2) is 38.8 Å². The van der Waals surface area contributed by atoms with E-state index < -0.39 is 5.41 Å². The Balaban J connectivity index is 1.50. The van der Waals surface area contributed by atoms with Crippen LogP contribution in [0.5, 0.6) is 0 Å². The van der Waals surface area contributed by atoms with Crippen molar-refractivity contribution in [1.29, 1.82) is 5.26 Å². The van der Waals surface area contributed by atoms with Crippen molar-refractivity contribution >= 4 is 11.7 Å². The van der Waals surface area contributed by atoms with E-state index >= 15 is 0 Å². The number of aromatic nitrogens is 3. The van der Waals surface area contributed by atoms with Gasteiger partial charge in [-0.2, -0.15) is 5.26 Å². The zero-order valence-corrected chi connectivity index (χ0v) is 26.6. The summed E-state index contributed by atoms with van der Waals surface area (Å²) in [7, 11) is 1.60. The molecule has 42 heavy (non-hydrogen) atoms. The quantitative estimate of drug-likeness (QED) is 0.430. The number of allylic oxidation sites excluding steroid dienone is 4. The minimum atomic E-state index is -0.536. The van der Waals surface area contributed by atoms with Crippen LogP contribution in [0, 0.1) is 56.2 Å². The van der Waals surface area contributed by atoms with Gasteiger partial charge in [0.1, 0.15) is 5.76 Å². The van der Waals surface area contributed by atoms with Gasteiger partial charge >= 0.3 is 0 Å². The van der Waals surface area contributed by atoms with Gasteiger partial charge in [0.05, 0.1) is 23.4 Å². The topological polar surface area (TPSA) is 121 Å². The lowest BCUT2D eigenvalue weighted by molar-refractivity contribution is -0.170. The highest BCUT2D eigenvalue weighted by molar-refractivity contribution is 5.95. The van der Waals surface area contributed by atoms with Crippen LogP contribution in [0.3, 0.4) is 0 Å². The van der Waals surface area contributed by atoms with Gasteiger partial charge < -0.3 is 10.4 Å². The number of carbonyl (C=O) groups excluding carboxylic acids is 2. The molecular formula is C34H47N5O3. The maximum Gasteiger partial charge on any atom is 0.273 e. The Morgan fingerprint density at radius 3 is 2.45 bits per heavy atom. The van der Waals surface area contributed by atoms with E-state index in [9.17, 15) is 20.0 Å². The molecule has 3 saturated carbocycles. The van der Waals surface area contributed by atoms with Gasteiger partial charge in [-0.1, -0.05) is 59.3 Å². The number of amides is 1. The van der Waals surface area contributed by atoms with Crippen LogP contribution in [0.25, 0.3) is 0 Å². The summed E-state index contributed by atoms with van der Waals surface area (Å²) in [4.78, 5) is 27.1. The van der Waals surface area contributed by atoms with Gasteiger partial charge in [0.25, 0.3) is 5.91 Å². The molecule has 6 rings (SSSR count). The summed E-state index contributed by atoms with van der Waals surface area (Å²) >= 11 is 0. The number of ketones is 1. The van der Waals surface area contributed by atoms with E-state index in [2.05, 4.69) is 70.2 Å². The number of rotatable bonds is 2. The lowest BCUT2D eigenvalue weighted by atomic mass is 9.35. The number of aliphatic hydroxyl groups is 1. The summed E-state index contributed by atoms with van der Waals surface area (Å²) in [6.45, 7) is 15.7. The van der Waals surface area contributed by atoms with Crippen LogP contribution in [0.15, 0.2) is 29.2 Å². The Hall–Kier alpha value is -2.95. The minimum absolute atomic E-state index is 0.0632. The van der Waals surface area contributed by atoms with Crippen molar-refractivity contribution in [1.82, 2.24) is 20.3 Å². The van der Waals surface area contributed by atoms with Crippen LogP contribution in [0.4, 0.5) is 0 Å². The molecule has 7 atom stereocenters. The average molecular weight is 574 g/mol. The largest absolute Gasteiger partial charge is 0.511 e. The number of nitrogens with zero attached hydrogens (tertiary/aromatic N) is 4. The number of hydrogen-bond donors (Lipinski definition) is 2. The second kappa shape index (κ2) is 8.80. The third-order valence-corrected chi connectivity index (χ3v) is 13.5. The summed E-state index contributed by atoms with van der Waals surface area (Å²) in [5, 5.41) is 32.6. The first-order valence-electron chi connectivity index (χ1n) is 15.7. The molecule has 0 radical (unpaired) electrons. The Labute approximate surface area is 250 Å². The Kier molecular flexibility index (Phi) is 6.10. The molecule has 1 aromatic heterocycles. The molecule has 0 spiro atoms. The molecule has 3 fully saturated rings. The molecule has 0 aliphatic heterocycles. The summed E-state index contributed by atoms with van der Waals surface area (Å²) < 4.78 is 1.94. The molecule has 2 N–H and O–H groups in total. The van der Waals surface area contributed by atoms with E-state index in [1.165, 1.54) is 5.57 Å². The first-order chi connectivity index (χ1) is 19.5. The number of hydrogen-bond acceptors (Lipinski definition) is 6. The fraction of sp³-hybridized carbons (Fsp3) is 0.735. The summed E-state index contributed by atoms with van der Waals surface area (Å²) in [6.07, 6.45) is 10.7. The summed E-state index contributed by atoms with van der Waals surface area (Å²) in [6, 6.07) is 2.31. The van der Waals surface area contributed by atoms with E-state index in [4.69, 9.17) is 0 Å². The molecule has 226 valence electrons. The number of carbonyl (C=O) groups is 2. The van der Waals surface area contributed by atoms with Crippen molar-refractivity contribution < 1.29 is 14.7 Å².